The molecule has 1 unspecified atom stereocenters. The molecule has 0 aromatic carbocycles. The van der Waals surface area contributed by atoms with E-state index < -0.39 is 60.2 Å². The molecule has 1 aliphatic heterocycles. The Morgan fingerprint density at radius 3 is 2.17 bits per heavy atom. The van der Waals surface area contributed by atoms with Crippen molar-refractivity contribution in [1.82, 2.24) is 19.9 Å². The summed E-state index contributed by atoms with van der Waals surface area (Å²) in [5.41, 5.74) is -0.835. The molecular weight excluding hydrogens is 398 g/mol. The van der Waals surface area contributed by atoms with Crippen molar-refractivity contribution >= 4 is 28.9 Å². The number of aliphatic hydroxyl groups is 3. The van der Waals surface area contributed by atoms with Crippen LogP contribution in [-0.2, 0) is 14.3 Å². The summed E-state index contributed by atoms with van der Waals surface area (Å²) in [5.74, 6) is -2.36. The van der Waals surface area contributed by atoms with Crippen molar-refractivity contribution in [2.75, 3.05) is 11.5 Å². The van der Waals surface area contributed by atoms with E-state index in [2.05, 4.69) is 19.9 Å². The van der Waals surface area contributed by atoms with Gasteiger partial charge >= 0.3 is 0 Å². The number of nitrogens with one attached hydrogen (secondary N) is 2. The minimum absolute atomic E-state index is 0.0135. The third kappa shape index (κ3) is 3.74. The molecule has 3 rings (SSSR count). The number of imidazole rings is 1. The second kappa shape index (κ2) is 8.22. The Morgan fingerprint density at radius 2 is 1.67 bits per heavy atom. The maximum Gasteiger partial charge on any atom is 0.278 e. The zero-order valence-electron chi connectivity index (χ0n) is 17.0. The SMILES string of the molecule is CC(C)C(=O)N(C(=O)C(C)C)c1nc2nc(C3O[C@H](CO)[C@@H](O)[C@@H]3O)[nH]c2c(=O)[nH]1. The Hall–Kier alpha value is -2.67. The van der Waals surface area contributed by atoms with E-state index in [-0.39, 0.29) is 22.9 Å². The highest BCUT2D eigenvalue weighted by atomic mass is 16.6. The van der Waals surface area contributed by atoms with Crippen molar-refractivity contribution < 1.29 is 29.6 Å². The molecule has 1 fully saturated rings. The third-order valence-corrected chi connectivity index (χ3v) is 4.82. The van der Waals surface area contributed by atoms with Gasteiger partial charge in [-0.3, -0.25) is 19.4 Å². The summed E-state index contributed by atoms with van der Waals surface area (Å²) in [5, 5.41) is 29.3. The molecule has 30 heavy (non-hydrogen) atoms. The lowest BCUT2D eigenvalue weighted by Gasteiger charge is -2.22. The fourth-order valence-electron chi connectivity index (χ4n) is 3.11. The summed E-state index contributed by atoms with van der Waals surface area (Å²) in [6.07, 6.45) is -4.86. The lowest BCUT2D eigenvalue weighted by atomic mass is 10.1. The number of ether oxygens (including phenoxy) is 1. The number of fused-ring (bicyclic) bond motifs is 1. The number of aliphatic hydroxyl groups excluding tert-OH is 3. The van der Waals surface area contributed by atoms with Crippen molar-refractivity contribution in [1.29, 1.82) is 0 Å². The predicted molar refractivity (Wildman–Crippen MR) is 103 cm³/mol. The van der Waals surface area contributed by atoms with Gasteiger partial charge in [0.2, 0.25) is 17.8 Å². The molecule has 0 spiro atoms. The number of anilines is 1. The van der Waals surface area contributed by atoms with Crippen molar-refractivity contribution in [3.63, 3.8) is 0 Å². The van der Waals surface area contributed by atoms with Crippen molar-refractivity contribution in [2.24, 2.45) is 11.8 Å². The zero-order valence-corrected chi connectivity index (χ0v) is 17.0. The molecule has 12 nitrogen and oxygen atoms in total. The van der Waals surface area contributed by atoms with Crippen LogP contribution < -0.4 is 10.5 Å². The molecule has 1 aliphatic rings. The molecule has 4 atom stereocenters. The first-order valence-electron chi connectivity index (χ1n) is 9.57. The smallest absolute Gasteiger partial charge is 0.278 e. The molecule has 0 radical (unpaired) electrons. The lowest BCUT2D eigenvalue weighted by Crippen LogP contribution is -2.43. The van der Waals surface area contributed by atoms with Crippen LogP contribution in [0.1, 0.15) is 39.6 Å². The Kier molecular flexibility index (Phi) is 6.04. The Labute approximate surface area is 170 Å². The van der Waals surface area contributed by atoms with E-state index in [0.717, 1.165) is 4.90 Å². The van der Waals surface area contributed by atoms with E-state index in [1.54, 1.807) is 27.7 Å². The van der Waals surface area contributed by atoms with Gasteiger partial charge in [-0.25, -0.2) is 9.88 Å². The second-order valence-corrected chi connectivity index (χ2v) is 7.79. The van der Waals surface area contributed by atoms with Gasteiger partial charge in [0.1, 0.15) is 30.2 Å². The largest absolute Gasteiger partial charge is 0.394 e. The summed E-state index contributed by atoms with van der Waals surface area (Å²) in [7, 11) is 0. The molecule has 2 amide bonds. The van der Waals surface area contributed by atoms with Gasteiger partial charge in [-0.2, -0.15) is 4.98 Å². The summed E-state index contributed by atoms with van der Waals surface area (Å²) < 4.78 is 5.41. The van der Waals surface area contributed by atoms with Crippen LogP contribution in [0.4, 0.5) is 5.95 Å². The Balaban J connectivity index is 2.06. The van der Waals surface area contributed by atoms with Gasteiger partial charge < -0.3 is 25.0 Å². The van der Waals surface area contributed by atoms with E-state index in [9.17, 15) is 29.7 Å². The Bertz CT molecular complexity index is 994. The highest BCUT2D eigenvalue weighted by Crippen LogP contribution is 2.32. The Morgan fingerprint density at radius 1 is 1.07 bits per heavy atom. The molecule has 2 aromatic rings. The second-order valence-electron chi connectivity index (χ2n) is 7.79. The first kappa shape index (κ1) is 22.0. The van der Waals surface area contributed by atoms with Crippen LogP contribution in [0.5, 0.6) is 0 Å². The molecule has 0 saturated carbocycles. The van der Waals surface area contributed by atoms with Gasteiger partial charge in [-0.1, -0.05) is 27.7 Å². The average molecular weight is 423 g/mol. The number of aromatic amines is 2. The van der Waals surface area contributed by atoms with Crippen molar-refractivity contribution in [3.8, 4) is 0 Å². The lowest BCUT2D eigenvalue weighted by molar-refractivity contribution is -0.129. The van der Waals surface area contributed by atoms with Gasteiger partial charge in [-0.15, -0.1) is 0 Å². The van der Waals surface area contributed by atoms with E-state index in [1.807, 2.05) is 0 Å². The number of imide groups is 1. The molecule has 12 heteroatoms. The molecule has 5 N–H and O–H groups in total. The standard InChI is InChI=1S/C18H25N5O7/c1-6(2)16(28)23(17(29)7(3)4)18-21-13-9(15(27)22-18)19-14(20-13)12-11(26)10(25)8(5-24)30-12/h6-8,10-12,24-26H,5H2,1-4H3,(H2,19,20,21,22,27)/t8-,10-,11+,12?/m1/s1. The highest BCUT2D eigenvalue weighted by Gasteiger charge is 2.44. The summed E-state index contributed by atoms with van der Waals surface area (Å²) in [6.45, 7) is 5.96. The van der Waals surface area contributed by atoms with Crippen LogP contribution in [0.3, 0.4) is 0 Å². The normalized spacial score (nSPS) is 24.2. The van der Waals surface area contributed by atoms with Crippen LogP contribution in [0.2, 0.25) is 0 Å². The quantitative estimate of drug-likeness (QED) is 0.401. The van der Waals surface area contributed by atoms with Crippen LogP contribution in [0.25, 0.3) is 11.2 Å². The number of hydrogen-bond acceptors (Lipinski definition) is 9. The van der Waals surface area contributed by atoms with Crippen LogP contribution >= 0.6 is 0 Å². The van der Waals surface area contributed by atoms with Crippen LogP contribution in [0, 0.1) is 11.8 Å². The van der Waals surface area contributed by atoms with Crippen LogP contribution in [0.15, 0.2) is 4.79 Å². The number of nitrogens with zero attached hydrogens (tertiary/aromatic N) is 3. The first-order chi connectivity index (χ1) is 14.1. The fourth-order valence-corrected chi connectivity index (χ4v) is 3.11. The summed E-state index contributed by atoms with van der Waals surface area (Å²) >= 11 is 0. The fraction of sp³-hybridized carbons (Fsp3) is 0.611. The molecule has 0 aliphatic carbocycles. The number of amides is 2. The number of H-pyrrole nitrogens is 2. The number of carbonyl (C=O) groups excluding carboxylic acids is 2. The summed E-state index contributed by atoms with van der Waals surface area (Å²) in [6, 6.07) is 0. The molecular formula is C18H25N5O7. The van der Waals surface area contributed by atoms with E-state index in [0.29, 0.717) is 0 Å². The van der Waals surface area contributed by atoms with E-state index in [1.165, 1.54) is 0 Å². The minimum Gasteiger partial charge on any atom is -0.394 e. The van der Waals surface area contributed by atoms with Gasteiger partial charge in [0.25, 0.3) is 5.56 Å². The maximum absolute atomic E-state index is 12.6. The topological polar surface area (TPSA) is 182 Å². The number of carbonyl (C=O) groups is 2. The van der Waals surface area contributed by atoms with Crippen molar-refractivity contribution in [2.45, 2.75) is 52.1 Å². The van der Waals surface area contributed by atoms with Gasteiger partial charge in [0.15, 0.2) is 11.2 Å². The van der Waals surface area contributed by atoms with Crippen molar-refractivity contribution in [3.05, 3.63) is 16.2 Å². The van der Waals surface area contributed by atoms with Gasteiger partial charge in [-0.05, 0) is 0 Å². The highest BCUT2D eigenvalue weighted by molar-refractivity contribution is 6.14. The van der Waals surface area contributed by atoms with Crippen LogP contribution in [-0.4, -0.2) is 72.0 Å². The number of rotatable bonds is 5. The van der Waals surface area contributed by atoms with E-state index >= 15 is 0 Å². The summed E-state index contributed by atoms with van der Waals surface area (Å²) in [4.78, 5) is 52.0. The first-order valence-corrected chi connectivity index (χ1v) is 9.57. The van der Waals surface area contributed by atoms with Gasteiger partial charge in [0.05, 0.1) is 6.61 Å². The molecule has 2 aromatic heterocycles. The molecule has 0 bridgehead atoms. The third-order valence-electron chi connectivity index (χ3n) is 4.82. The predicted octanol–water partition coefficient (Wildman–Crippen LogP) is -1.03. The number of aromatic nitrogens is 4. The molecule has 164 valence electrons. The average Bonchev–Trinajstić information content (AvgIpc) is 3.23. The van der Waals surface area contributed by atoms with Gasteiger partial charge in [0, 0.05) is 11.8 Å². The minimum atomic E-state index is -1.39. The molecule has 3 heterocycles. The zero-order chi connectivity index (χ0) is 22.3. The number of hydrogen-bond donors (Lipinski definition) is 5. The van der Waals surface area contributed by atoms with E-state index in [4.69, 9.17) is 4.74 Å². The monoisotopic (exact) mass is 423 g/mol. The molecule has 1 saturated heterocycles. The maximum atomic E-state index is 12.6.